The number of carbonyl (C=O) groups excluding carboxylic acids is 1. The van der Waals surface area contributed by atoms with E-state index in [0.717, 1.165) is 0 Å². The monoisotopic (exact) mass is 211 g/mol. The first-order chi connectivity index (χ1) is 7.02. The Labute approximate surface area is 86.7 Å². The van der Waals surface area contributed by atoms with Crippen molar-refractivity contribution >= 4 is 11.9 Å². The van der Waals surface area contributed by atoms with Crippen LogP contribution in [0.1, 0.15) is 24.2 Å². The number of nitrogens with one attached hydrogen (secondary N) is 2. The molecule has 1 aromatic heterocycles. The Morgan fingerprint density at radius 1 is 1.53 bits per heavy atom. The summed E-state index contributed by atoms with van der Waals surface area (Å²) in [6, 6.07) is -0.882. The van der Waals surface area contributed by atoms with E-state index < -0.39 is 17.9 Å². The average Bonchev–Trinajstić information content (AvgIpc) is 2.65. The minimum atomic E-state index is -1.04. The van der Waals surface area contributed by atoms with E-state index in [1.165, 1.54) is 12.4 Å². The number of carboxylic acids is 1. The van der Waals surface area contributed by atoms with Crippen LogP contribution in [0.25, 0.3) is 0 Å². The molecule has 0 bridgehead atoms. The van der Waals surface area contributed by atoms with E-state index in [1.807, 2.05) is 0 Å². The zero-order valence-corrected chi connectivity index (χ0v) is 8.52. The molecule has 1 rings (SSSR count). The van der Waals surface area contributed by atoms with Gasteiger partial charge in [-0.25, -0.2) is 4.79 Å². The van der Waals surface area contributed by atoms with Crippen molar-refractivity contribution in [2.75, 3.05) is 0 Å². The fourth-order valence-electron chi connectivity index (χ4n) is 1.11. The Morgan fingerprint density at radius 2 is 2.20 bits per heavy atom. The van der Waals surface area contributed by atoms with Crippen molar-refractivity contribution in [3.05, 3.63) is 18.0 Å². The molecular weight excluding hydrogens is 198 g/mol. The standard InChI is InChI=1S/C9H13N3O3/c1-5(2)7(9(14)15)12-8(13)6-3-10-11-4-6/h3-5,7H,1-2H3,(H,10,11)(H,12,13)(H,14,15)/t7-/m0/s1. The maximum absolute atomic E-state index is 11.5. The molecule has 0 unspecified atom stereocenters. The van der Waals surface area contributed by atoms with Gasteiger partial charge in [-0.05, 0) is 5.92 Å². The number of aromatic nitrogens is 2. The summed E-state index contributed by atoms with van der Waals surface area (Å²) in [5.74, 6) is -1.65. The van der Waals surface area contributed by atoms with E-state index >= 15 is 0 Å². The van der Waals surface area contributed by atoms with Gasteiger partial charge in [0.2, 0.25) is 0 Å². The molecule has 6 heteroatoms. The van der Waals surface area contributed by atoms with Gasteiger partial charge in [-0.15, -0.1) is 0 Å². The van der Waals surface area contributed by atoms with Gasteiger partial charge in [0.05, 0.1) is 11.8 Å². The Morgan fingerprint density at radius 3 is 2.60 bits per heavy atom. The zero-order valence-electron chi connectivity index (χ0n) is 8.52. The third-order valence-electron chi connectivity index (χ3n) is 1.98. The molecular formula is C9H13N3O3. The lowest BCUT2D eigenvalue weighted by atomic mass is 10.0. The van der Waals surface area contributed by atoms with Crippen LogP contribution >= 0.6 is 0 Å². The van der Waals surface area contributed by atoms with Crippen LogP contribution in [0.2, 0.25) is 0 Å². The summed E-state index contributed by atoms with van der Waals surface area (Å²) in [5.41, 5.74) is 0.321. The van der Waals surface area contributed by atoms with Crippen molar-refractivity contribution < 1.29 is 14.7 Å². The molecule has 0 aliphatic carbocycles. The zero-order chi connectivity index (χ0) is 11.4. The van der Waals surface area contributed by atoms with Crippen LogP contribution < -0.4 is 5.32 Å². The van der Waals surface area contributed by atoms with Crippen molar-refractivity contribution in [2.24, 2.45) is 5.92 Å². The van der Waals surface area contributed by atoms with Gasteiger partial charge in [-0.2, -0.15) is 5.10 Å². The summed E-state index contributed by atoms with van der Waals surface area (Å²) in [6.45, 7) is 3.46. The lowest BCUT2D eigenvalue weighted by Gasteiger charge is -2.17. The highest BCUT2D eigenvalue weighted by Crippen LogP contribution is 2.03. The van der Waals surface area contributed by atoms with E-state index in [9.17, 15) is 9.59 Å². The molecule has 1 amide bonds. The Balaban J connectivity index is 2.67. The Hall–Kier alpha value is -1.85. The van der Waals surface area contributed by atoms with Gasteiger partial charge in [0, 0.05) is 6.20 Å². The predicted octanol–water partition coefficient (Wildman–Crippen LogP) is 0.249. The summed E-state index contributed by atoms with van der Waals surface area (Å²) in [6.07, 6.45) is 2.75. The van der Waals surface area contributed by atoms with Crippen LogP contribution in [0.4, 0.5) is 0 Å². The molecule has 0 radical (unpaired) electrons. The molecule has 0 aromatic carbocycles. The van der Waals surface area contributed by atoms with Crippen LogP contribution in [-0.4, -0.2) is 33.2 Å². The molecule has 0 aliphatic heterocycles. The van der Waals surface area contributed by atoms with Crippen LogP contribution in [0.5, 0.6) is 0 Å². The molecule has 1 atom stereocenters. The van der Waals surface area contributed by atoms with Crippen molar-refractivity contribution in [3.63, 3.8) is 0 Å². The van der Waals surface area contributed by atoms with Gasteiger partial charge >= 0.3 is 5.97 Å². The number of H-pyrrole nitrogens is 1. The molecule has 0 fully saturated rings. The fourth-order valence-corrected chi connectivity index (χ4v) is 1.11. The molecule has 15 heavy (non-hydrogen) atoms. The summed E-state index contributed by atoms with van der Waals surface area (Å²) < 4.78 is 0. The molecule has 3 N–H and O–H groups in total. The minimum absolute atomic E-state index is 0.168. The summed E-state index contributed by atoms with van der Waals surface area (Å²) >= 11 is 0. The molecule has 0 aliphatic rings. The topological polar surface area (TPSA) is 95.1 Å². The summed E-state index contributed by atoms with van der Waals surface area (Å²) in [5, 5.41) is 17.4. The van der Waals surface area contributed by atoms with E-state index in [2.05, 4.69) is 15.5 Å². The number of carbonyl (C=O) groups is 2. The van der Waals surface area contributed by atoms with Gasteiger partial charge < -0.3 is 10.4 Å². The van der Waals surface area contributed by atoms with E-state index in [4.69, 9.17) is 5.11 Å². The van der Waals surface area contributed by atoms with Crippen molar-refractivity contribution in [1.29, 1.82) is 0 Å². The predicted molar refractivity (Wildman–Crippen MR) is 52.3 cm³/mol. The number of aliphatic carboxylic acids is 1. The number of hydrogen-bond donors (Lipinski definition) is 3. The van der Waals surface area contributed by atoms with Gasteiger partial charge in [-0.1, -0.05) is 13.8 Å². The third-order valence-corrected chi connectivity index (χ3v) is 1.98. The molecule has 0 spiro atoms. The molecule has 1 heterocycles. The maximum Gasteiger partial charge on any atom is 0.326 e. The number of carboxylic acid groups (broad SMARTS) is 1. The first-order valence-corrected chi connectivity index (χ1v) is 4.55. The van der Waals surface area contributed by atoms with E-state index in [0.29, 0.717) is 5.56 Å². The number of nitrogens with zero attached hydrogens (tertiary/aromatic N) is 1. The summed E-state index contributed by atoms with van der Waals surface area (Å²) in [4.78, 5) is 22.3. The Bertz CT molecular complexity index is 345. The third kappa shape index (κ3) is 2.80. The second-order valence-corrected chi connectivity index (χ2v) is 3.52. The first-order valence-electron chi connectivity index (χ1n) is 4.55. The molecule has 82 valence electrons. The average molecular weight is 211 g/mol. The molecule has 1 aromatic rings. The first kappa shape index (κ1) is 11.2. The van der Waals surface area contributed by atoms with Crippen LogP contribution in [0.15, 0.2) is 12.4 Å². The Kier molecular flexibility index (Phi) is 3.43. The van der Waals surface area contributed by atoms with Crippen LogP contribution in [0, 0.1) is 5.92 Å². The SMILES string of the molecule is CC(C)[C@H](NC(=O)c1cn[nH]c1)C(=O)O. The molecule has 0 saturated heterocycles. The fraction of sp³-hybridized carbons (Fsp3) is 0.444. The quantitative estimate of drug-likeness (QED) is 0.665. The van der Waals surface area contributed by atoms with E-state index in [1.54, 1.807) is 13.8 Å². The molecule has 6 nitrogen and oxygen atoms in total. The van der Waals surface area contributed by atoms with E-state index in [-0.39, 0.29) is 5.92 Å². The number of hydrogen-bond acceptors (Lipinski definition) is 3. The maximum atomic E-state index is 11.5. The highest BCUT2D eigenvalue weighted by molar-refractivity contribution is 5.96. The highest BCUT2D eigenvalue weighted by atomic mass is 16.4. The number of rotatable bonds is 4. The van der Waals surface area contributed by atoms with Gasteiger partial charge in [0.15, 0.2) is 0 Å². The minimum Gasteiger partial charge on any atom is -0.480 e. The lowest BCUT2D eigenvalue weighted by molar-refractivity contribution is -0.140. The smallest absolute Gasteiger partial charge is 0.326 e. The van der Waals surface area contributed by atoms with Crippen molar-refractivity contribution in [2.45, 2.75) is 19.9 Å². The van der Waals surface area contributed by atoms with Crippen LogP contribution in [-0.2, 0) is 4.79 Å². The van der Waals surface area contributed by atoms with Crippen molar-refractivity contribution in [3.8, 4) is 0 Å². The van der Waals surface area contributed by atoms with Gasteiger partial charge in [-0.3, -0.25) is 9.89 Å². The second-order valence-electron chi connectivity index (χ2n) is 3.52. The normalized spacial score (nSPS) is 12.5. The highest BCUT2D eigenvalue weighted by Gasteiger charge is 2.23. The molecule has 0 saturated carbocycles. The van der Waals surface area contributed by atoms with Gasteiger partial charge in [0.25, 0.3) is 5.91 Å². The second kappa shape index (κ2) is 4.59. The number of aromatic amines is 1. The van der Waals surface area contributed by atoms with Crippen molar-refractivity contribution in [1.82, 2.24) is 15.5 Å². The van der Waals surface area contributed by atoms with Crippen LogP contribution in [0.3, 0.4) is 0 Å². The van der Waals surface area contributed by atoms with Gasteiger partial charge in [0.1, 0.15) is 6.04 Å². The number of amides is 1. The lowest BCUT2D eigenvalue weighted by Crippen LogP contribution is -2.44. The summed E-state index contributed by atoms with van der Waals surface area (Å²) in [7, 11) is 0. The largest absolute Gasteiger partial charge is 0.480 e.